The Morgan fingerprint density at radius 1 is 1.13 bits per heavy atom. The lowest BCUT2D eigenvalue weighted by Gasteiger charge is -2.26. The summed E-state index contributed by atoms with van der Waals surface area (Å²) in [7, 11) is -1.31. The van der Waals surface area contributed by atoms with E-state index >= 15 is 0 Å². The summed E-state index contributed by atoms with van der Waals surface area (Å²) in [6.45, 7) is 14.7. The zero-order valence-corrected chi connectivity index (χ0v) is 11.0. The third kappa shape index (κ3) is 2.69. The highest BCUT2D eigenvalue weighted by Gasteiger charge is 2.25. The SMILES string of the molecule is C=Cc1ccc(C(C)[Si](C)(C)C=C)cc1. The first-order valence-corrected chi connectivity index (χ1v) is 8.52. The first-order valence-electron chi connectivity index (χ1n) is 5.37. The summed E-state index contributed by atoms with van der Waals surface area (Å²) >= 11 is 0. The molecule has 1 atom stereocenters. The van der Waals surface area contributed by atoms with E-state index in [9.17, 15) is 0 Å². The van der Waals surface area contributed by atoms with E-state index < -0.39 is 8.07 Å². The van der Waals surface area contributed by atoms with Crippen molar-refractivity contribution >= 4 is 14.1 Å². The molecule has 0 heterocycles. The molecular weight excluding hydrogens is 196 g/mol. The van der Waals surface area contributed by atoms with Crippen LogP contribution in [0.1, 0.15) is 23.6 Å². The molecule has 0 radical (unpaired) electrons. The third-order valence-electron chi connectivity index (χ3n) is 3.31. The van der Waals surface area contributed by atoms with Crippen LogP contribution in [-0.4, -0.2) is 8.07 Å². The number of benzene rings is 1. The Bertz CT molecular complexity index is 346. The third-order valence-corrected chi connectivity index (χ3v) is 6.93. The smallest absolute Gasteiger partial charge is 0.0780 e. The molecule has 1 unspecified atom stereocenters. The van der Waals surface area contributed by atoms with Crippen LogP contribution in [0.2, 0.25) is 13.1 Å². The van der Waals surface area contributed by atoms with E-state index in [2.05, 4.69) is 63.1 Å². The molecule has 15 heavy (non-hydrogen) atoms. The van der Waals surface area contributed by atoms with Gasteiger partial charge in [-0.1, -0.05) is 56.9 Å². The fraction of sp³-hybridized carbons (Fsp3) is 0.286. The van der Waals surface area contributed by atoms with Crippen molar-refractivity contribution < 1.29 is 0 Å². The van der Waals surface area contributed by atoms with Crippen molar-refractivity contribution in [1.82, 2.24) is 0 Å². The highest BCUT2D eigenvalue weighted by Crippen LogP contribution is 2.27. The second-order valence-corrected chi connectivity index (χ2v) is 9.53. The second kappa shape index (κ2) is 4.62. The summed E-state index contributed by atoms with van der Waals surface area (Å²) < 4.78 is 0. The lowest BCUT2D eigenvalue weighted by molar-refractivity contribution is 1.03. The van der Waals surface area contributed by atoms with Gasteiger partial charge in [0.25, 0.3) is 0 Å². The van der Waals surface area contributed by atoms with Crippen LogP contribution >= 0.6 is 0 Å². The lowest BCUT2D eigenvalue weighted by Crippen LogP contribution is -2.30. The number of rotatable bonds is 4. The van der Waals surface area contributed by atoms with Crippen LogP contribution in [0.3, 0.4) is 0 Å². The Labute approximate surface area is 94.4 Å². The van der Waals surface area contributed by atoms with Crippen LogP contribution in [0.5, 0.6) is 0 Å². The van der Waals surface area contributed by atoms with Gasteiger partial charge in [0.1, 0.15) is 0 Å². The molecule has 1 heteroatoms. The van der Waals surface area contributed by atoms with Gasteiger partial charge in [0.15, 0.2) is 0 Å². The molecule has 0 N–H and O–H groups in total. The summed E-state index contributed by atoms with van der Waals surface area (Å²) in [6.07, 6.45) is 1.88. The van der Waals surface area contributed by atoms with Crippen LogP contribution in [0.4, 0.5) is 0 Å². The lowest BCUT2D eigenvalue weighted by atomic mass is 10.1. The predicted molar refractivity (Wildman–Crippen MR) is 72.6 cm³/mol. The average Bonchev–Trinajstić information content (AvgIpc) is 2.28. The Hall–Kier alpha value is -1.08. The van der Waals surface area contributed by atoms with Gasteiger partial charge in [-0.15, -0.1) is 12.3 Å². The molecular formula is C14H20Si. The van der Waals surface area contributed by atoms with E-state index in [1.165, 1.54) is 11.1 Å². The topological polar surface area (TPSA) is 0 Å². The van der Waals surface area contributed by atoms with Gasteiger partial charge in [0.2, 0.25) is 0 Å². The van der Waals surface area contributed by atoms with E-state index in [1.54, 1.807) is 0 Å². The number of hydrogen-bond donors (Lipinski definition) is 0. The molecule has 0 nitrogen and oxygen atoms in total. The Balaban J connectivity index is 2.96. The van der Waals surface area contributed by atoms with E-state index in [0.717, 1.165) is 0 Å². The summed E-state index contributed by atoms with van der Waals surface area (Å²) in [6, 6.07) is 8.68. The van der Waals surface area contributed by atoms with Crippen LogP contribution in [0.15, 0.2) is 43.1 Å². The van der Waals surface area contributed by atoms with Crippen molar-refractivity contribution in [2.24, 2.45) is 0 Å². The van der Waals surface area contributed by atoms with E-state index in [0.29, 0.717) is 5.54 Å². The fourth-order valence-corrected chi connectivity index (χ4v) is 2.93. The largest absolute Gasteiger partial charge is 0.107 e. The van der Waals surface area contributed by atoms with Gasteiger partial charge < -0.3 is 0 Å². The average molecular weight is 216 g/mol. The van der Waals surface area contributed by atoms with Gasteiger partial charge in [-0.05, 0) is 16.7 Å². The summed E-state index contributed by atoms with van der Waals surface area (Å²) in [5.74, 6) is 0. The van der Waals surface area contributed by atoms with Crippen molar-refractivity contribution in [3.63, 3.8) is 0 Å². The molecule has 0 saturated heterocycles. The zero-order valence-electron chi connectivity index (χ0n) is 9.96. The standard InChI is InChI=1S/C14H20Si/c1-6-13-8-10-14(11-9-13)12(3)15(4,5)7-2/h6-12H,1-2H2,3-5H3. The molecule has 0 amide bonds. The fourth-order valence-electron chi connectivity index (χ4n) is 1.53. The minimum atomic E-state index is -1.31. The van der Waals surface area contributed by atoms with Crippen molar-refractivity contribution in [2.45, 2.75) is 25.6 Å². The Morgan fingerprint density at radius 2 is 1.67 bits per heavy atom. The highest BCUT2D eigenvalue weighted by molar-refractivity contribution is 6.83. The van der Waals surface area contributed by atoms with E-state index in [4.69, 9.17) is 0 Å². The molecule has 0 aliphatic rings. The molecule has 0 aliphatic heterocycles. The van der Waals surface area contributed by atoms with Crippen molar-refractivity contribution in [3.8, 4) is 0 Å². The number of hydrogen-bond acceptors (Lipinski definition) is 0. The minimum Gasteiger partial charge on any atom is -0.107 e. The van der Waals surface area contributed by atoms with Crippen LogP contribution in [0, 0.1) is 0 Å². The molecule has 0 spiro atoms. The molecule has 1 rings (SSSR count). The Morgan fingerprint density at radius 3 is 2.07 bits per heavy atom. The maximum atomic E-state index is 3.96. The van der Waals surface area contributed by atoms with Crippen LogP contribution < -0.4 is 0 Å². The summed E-state index contributed by atoms with van der Waals surface area (Å²) in [5.41, 5.74) is 5.38. The molecule has 0 bridgehead atoms. The van der Waals surface area contributed by atoms with Crippen molar-refractivity contribution in [3.05, 3.63) is 54.2 Å². The Kier molecular flexibility index (Phi) is 3.70. The van der Waals surface area contributed by atoms with Gasteiger partial charge in [-0.2, -0.15) is 0 Å². The quantitative estimate of drug-likeness (QED) is 0.654. The zero-order chi connectivity index (χ0) is 11.5. The normalized spacial score (nSPS) is 13.3. The van der Waals surface area contributed by atoms with Gasteiger partial charge in [-0.3, -0.25) is 0 Å². The van der Waals surface area contributed by atoms with Crippen LogP contribution in [0.25, 0.3) is 6.08 Å². The first-order chi connectivity index (χ1) is 7.01. The summed E-state index contributed by atoms with van der Waals surface area (Å²) in [4.78, 5) is 0. The predicted octanol–water partition coefficient (Wildman–Crippen LogP) is 4.41. The maximum Gasteiger partial charge on any atom is 0.0780 e. The molecule has 0 fully saturated rings. The summed E-state index contributed by atoms with van der Waals surface area (Å²) in [5, 5.41) is 0. The molecule has 0 aliphatic carbocycles. The van der Waals surface area contributed by atoms with Gasteiger partial charge >= 0.3 is 0 Å². The monoisotopic (exact) mass is 216 g/mol. The van der Waals surface area contributed by atoms with Crippen molar-refractivity contribution in [1.29, 1.82) is 0 Å². The second-order valence-electron chi connectivity index (χ2n) is 4.62. The van der Waals surface area contributed by atoms with E-state index in [1.807, 2.05) is 6.08 Å². The van der Waals surface area contributed by atoms with Crippen molar-refractivity contribution in [2.75, 3.05) is 0 Å². The van der Waals surface area contributed by atoms with Gasteiger partial charge in [-0.25, -0.2) is 0 Å². The highest BCUT2D eigenvalue weighted by atomic mass is 28.3. The maximum absolute atomic E-state index is 3.96. The van der Waals surface area contributed by atoms with Gasteiger partial charge in [0, 0.05) is 0 Å². The first kappa shape index (κ1) is 12.0. The van der Waals surface area contributed by atoms with Crippen LogP contribution in [-0.2, 0) is 0 Å². The molecule has 0 aromatic heterocycles. The molecule has 80 valence electrons. The molecule has 1 aromatic rings. The molecule has 0 saturated carbocycles. The minimum absolute atomic E-state index is 0.619. The molecule has 1 aromatic carbocycles. The van der Waals surface area contributed by atoms with E-state index in [-0.39, 0.29) is 0 Å². The van der Waals surface area contributed by atoms with Gasteiger partial charge in [0.05, 0.1) is 8.07 Å².